The molecule has 2 heterocycles. The molecule has 0 saturated carbocycles. The van der Waals surface area contributed by atoms with Gasteiger partial charge in [-0.1, -0.05) is 17.3 Å². The van der Waals surface area contributed by atoms with Gasteiger partial charge in [-0.05, 0) is 31.5 Å². The first-order valence-electron chi connectivity index (χ1n) is 6.42. The van der Waals surface area contributed by atoms with E-state index in [1.54, 1.807) is 6.20 Å². The Hall–Kier alpha value is -2.63. The SMILES string of the molecule is CCn1nccc1-c1nc(-c2cccc(N)c2C)no1. The number of nitrogen functional groups attached to an aromatic ring is 1. The average molecular weight is 269 g/mol. The van der Waals surface area contributed by atoms with Crippen LogP contribution in [-0.4, -0.2) is 19.9 Å². The number of aromatic nitrogens is 4. The van der Waals surface area contributed by atoms with Gasteiger partial charge in [-0.15, -0.1) is 0 Å². The molecule has 2 aromatic heterocycles. The zero-order valence-electron chi connectivity index (χ0n) is 11.4. The third kappa shape index (κ3) is 1.95. The Kier molecular flexibility index (Phi) is 2.98. The number of nitrogens with zero attached hydrogens (tertiary/aromatic N) is 4. The van der Waals surface area contributed by atoms with Crippen LogP contribution in [0, 0.1) is 6.92 Å². The Morgan fingerprint density at radius 1 is 1.30 bits per heavy atom. The zero-order chi connectivity index (χ0) is 14.1. The summed E-state index contributed by atoms with van der Waals surface area (Å²) in [6.45, 7) is 4.70. The van der Waals surface area contributed by atoms with Gasteiger partial charge >= 0.3 is 0 Å². The fourth-order valence-electron chi connectivity index (χ4n) is 2.10. The normalized spacial score (nSPS) is 10.9. The number of nitrogens with two attached hydrogens (primary N) is 1. The largest absolute Gasteiger partial charge is 0.398 e. The number of anilines is 1. The molecule has 0 aliphatic rings. The van der Waals surface area contributed by atoms with Gasteiger partial charge < -0.3 is 10.3 Å². The molecule has 3 rings (SSSR count). The maximum Gasteiger partial charge on any atom is 0.276 e. The summed E-state index contributed by atoms with van der Waals surface area (Å²) < 4.78 is 7.15. The first-order valence-corrected chi connectivity index (χ1v) is 6.42. The van der Waals surface area contributed by atoms with Gasteiger partial charge in [-0.25, -0.2) is 0 Å². The molecule has 2 N–H and O–H groups in total. The summed E-state index contributed by atoms with van der Waals surface area (Å²) in [7, 11) is 0. The van der Waals surface area contributed by atoms with Gasteiger partial charge in [-0.3, -0.25) is 4.68 Å². The molecule has 0 aliphatic carbocycles. The van der Waals surface area contributed by atoms with E-state index in [1.165, 1.54) is 0 Å². The van der Waals surface area contributed by atoms with Crippen molar-refractivity contribution in [1.82, 2.24) is 19.9 Å². The van der Waals surface area contributed by atoms with Crippen LogP contribution >= 0.6 is 0 Å². The number of hydrogen-bond acceptors (Lipinski definition) is 5. The Bertz CT molecular complexity index is 744. The highest BCUT2D eigenvalue weighted by Gasteiger charge is 2.15. The molecular formula is C14H15N5O. The second kappa shape index (κ2) is 4.80. The highest BCUT2D eigenvalue weighted by molar-refractivity contribution is 5.68. The minimum atomic E-state index is 0.459. The van der Waals surface area contributed by atoms with Crippen molar-refractivity contribution in [2.24, 2.45) is 0 Å². The van der Waals surface area contributed by atoms with E-state index >= 15 is 0 Å². The van der Waals surface area contributed by atoms with E-state index in [4.69, 9.17) is 10.3 Å². The summed E-state index contributed by atoms with van der Waals surface area (Å²) in [6.07, 6.45) is 1.72. The zero-order valence-corrected chi connectivity index (χ0v) is 11.4. The van der Waals surface area contributed by atoms with Crippen LogP contribution in [0.25, 0.3) is 23.0 Å². The van der Waals surface area contributed by atoms with Crippen LogP contribution in [0.4, 0.5) is 5.69 Å². The van der Waals surface area contributed by atoms with Gasteiger partial charge in [0, 0.05) is 24.0 Å². The molecule has 102 valence electrons. The molecule has 20 heavy (non-hydrogen) atoms. The quantitative estimate of drug-likeness (QED) is 0.739. The van der Waals surface area contributed by atoms with Crippen molar-refractivity contribution < 1.29 is 4.52 Å². The van der Waals surface area contributed by atoms with Crippen LogP contribution in [0.2, 0.25) is 0 Å². The summed E-state index contributed by atoms with van der Waals surface area (Å²) in [4.78, 5) is 4.44. The van der Waals surface area contributed by atoms with Crippen LogP contribution in [0.5, 0.6) is 0 Å². The predicted octanol–water partition coefficient (Wildman–Crippen LogP) is 2.51. The van der Waals surface area contributed by atoms with E-state index in [0.29, 0.717) is 17.4 Å². The van der Waals surface area contributed by atoms with Gasteiger partial charge in [0.15, 0.2) is 0 Å². The predicted molar refractivity (Wildman–Crippen MR) is 75.8 cm³/mol. The number of aryl methyl sites for hydroxylation is 1. The lowest BCUT2D eigenvalue weighted by atomic mass is 10.1. The Morgan fingerprint density at radius 2 is 2.15 bits per heavy atom. The fraction of sp³-hybridized carbons (Fsp3) is 0.214. The first kappa shape index (κ1) is 12.4. The molecule has 1 aromatic carbocycles. The van der Waals surface area contributed by atoms with Crippen LogP contribution in [0.3, 0.4) is 0 Å². The van der Waals surface area contributed by atoms with Crippen LogP contribution < -0.4 is 5.73 Å². The van der Waals surface area contributed by atoms with Gasteiger partial charge in [0.05, 0.1) is 0 Å². The lowest BCUT2D eigenvalue weighted by molar-refractivity contribution is 0.427. The monoisotopic (exact) mass is 269 g/mol. The smallest absolute Gasteiger partial charge is 0.276 e. The first-order chi connectivity index (χ1) is 9.70. The molecule has 0 fully saturated rings. The second-order valence-corrected chi connectivity index (χ2v) is 4.48. The van der Waals surface area contributed by atoms with Crippen LogP contribution in [-0.2, 0) is 6.54 Å². The van der Waals surface area contributed by atoms with Crippen molar-refractivity contribution in [3.8, 4) is 23.0 Å². The highest BCUT2D eigenvalue weighted by atomic mass is 16.5. The van der Waals surface area contributed by atoms with Crippen molar-refractivity contribution in [2.75, 3.05) is 5.73 Å². The van der Waals surface area contributed by atoms with Gasteiger partial charge in [0.2, 0.25) is 5.82 Å². The Morgan fingerprint density at radius 3 is 2.95 bits per heavy atom. The van der Waals surface area contributed by atoms with Crippen molar-refractivity contribution in [3.63, 3.8) is 0 Å². The minimum absolute atomic E-state index is 0.459. The van der Waals surface area contributed by atoms with Crippen molar-refractivity contribution in [3.05, 3.63) is 36.0 Å². The van der Waals surface area contributed by atoms with E-state index in [-0.39, 0.29) is 0 Å². The topological polar surface area (TPSA) is 82.8 Å². The van der Waals surface area contributed by atoms with E-state index in [9.17, 15) is 0 Å². The molecule has 0 atom stereocenters. The Balaban J connectivity index is 2.04. The molecule has 3 aromatic rings. The summed E-state index contributed by atoms with van der Waals surface area (Å²) in [5, 5.41) is 8.23. The summed E-state index contributed by atoms with van der Waals surface area (Å²) in [5.74, 6) is 0.995. The molecule has 6 heteroatoms. The molecule has 0 amide bonds. The molecule has 0 spiro atoms. The molecule has 0 unspecified atom stereocenters. The summed E-state index contributed by atoms with van der Waals surface area (Å²) in [5.41, 5.74) is 9.26. The molecular weight excluding hydrogens is 254 g/mol. The van der Waals surface area contributed by atoms with Gasteiger partial charge in [0.1, 0.15) is 5.69 Å². The van der Waals surface area contributed by atoms with Gasteiger partial charge in [0.25, 0.3) is 5.89 Å². The third-order valence-electron chi connectivity index (χ3n) is 3.28. The second-order valence-electron chi connectivity index (χ2n) is 4.48. The summed E-state index contributed by atoms with van der Waals surface area (Å²) >= 11 is 0. The molecule has 0 aliphatic heterocycles. The van der Waals surface area contributed by atoms with Crippen molar-refractivity contribution >= 4 is 5.69 Å². The molecule has 0 radical (unpaired) electrons. The standard InChI is InChI=1S/C14H15N5O/c1-3-19-12(7-8-16-19)14-17-13(18-20-14)10-5-4-6-11(15)9(10)2/h4-8H,3,15H2,1-2H3. The maximum absolute atomic E-state index is 5.90. The third-order valence-corrected chi connectivity index (χ3v) is 3.28. The van der Waals surface area contributed by atoms with Crippen molar-refractivity contribution in [2.45, 2.75) is 20.4 Å². The van der Waals surface area contributed by atoms with Crippen LogP contribution in [0.1, 0.15) is 12.5 Å². The minimum Gasteiger partial charge on any atom is -0.398 e. The number of rotatable bonds is 3. The van der Waals surface area contributed by atoms with E-state index in [1.807, 2.05) is 42.8 Å². The number of hydrogen-bond donors (Lipinski definition) is 1. The fourth-order valence-corrected chi connectivity index (χ4v) is 2.10. The van der Waals surface area contributed by atoms with Crippen LogP contribution in [0.15, 0.2) is 35.0 Å². The molecule has 0 bridgehead atoms. The maximum atomic E-state index is 5.90. The van der Waals surface area contributed by atoms with E-state index in [2.05, 4.69) is 15.2 Å². The van der Waals surface area contributed by atoms with Crippen molar-refractivity contribution in [1.29, 1.82) is 0 Å². The van der Waals surface area contributed by atoms with Gasteiger partial charge in [-0.2, -0.15) is 10.1 Å². The lowest BCUT2D eigenvalue weighted by Crippen LogP contribution is -1.98. The van der Waals surface area contributed by atoms with E-state index in [0.717, 1.165) is 23.4 Å². The molecule has 0 saturated heterocycles. The van der Waals surface area contributed by atoms with E-state index < -0.39 is 0 Å². The average Bonchev–Trinajstić information content (AvgIpc) is 3.09. The molecule has 6 nitrogen and oxygen atoms in total. The summed E-state index contributed by atoms with van der Waals surface area (Å²) in [6, 6.07) is 7.51. The lowest BCUT2D eigenvalue weighted by Gasteiger charge is -2.03. The number of benzene rings is 1. The Labute approximate surface area is 116 Å². The highest BCUT2D eigenvalue weighted by Crippen LogP contribution is 2.26.